The van der Waals surface area contributed by atoms with Crippen LogP contribution in [-0.4, -0.2) is 38.9 Å². The number of hydroxylamine groups is 2. The number of halogens is 2. The van der Waals surface area contributed by atoms with Crippen molar-refractivity contribution in [2.45, 2.75) is 12.8 Å². The minimum atomic E-state index is -1.02. The zero-order valence-corrected chi connectivity index (χ0v) is 13.9. The Hall–Kier alpha value is -3.33. The molecule has 0 unspecified atom stereocenters. The van der Waals surface area contributed by atoms with Gasteiger partial charge in [-0.1, -0.05) is 0 Å². The summed E-state index contributed by atoms with van der Waals surface area (Å²) in [6, 6.07) is 3.29. The van der Waals surface area contributed by atoms with Crippen LogP contribution in [0.2, 0.25) is 0 Å². The normalized spacial score (nSPS) is 21.2. The SMILES string of the molecule is O=C(N=C1C=NC(=C2C(F)=CN(O)C=C2F)C(c2cccnc2)=N1)C1CC1. The van der Waals surface area contributed by atoms with Crippen molar-refractivity contribution < 1.29 is 18.8 Å². The summed E-state index contributed by atoms with van der Waals surface area (Å²) < 4.78 is 28.7. The predicted molar refractivity (Wildman–Crippen MR) is 93.5 cm³/mol. The lowest BCUT2D eigenvalue weighted by atomic mass is 10.0. The van der Waals surface area contributed by atoms with E-state index in [9.17, 15) is 18.8 Å². The molecule has 0 spiro atoms. The number of pyridine rings is 1. The van der Waals surface area contributed by atoms with E-state index < -0.39 is 17.2 Å². The maximum atomic E-state index is 14.3. The van der Waals surface area contributed by atoms with Crippen molar-refractivity contribution in [2.75, 3.05) is 0 Å². The molecule has 136 valence electrons. The van der Waals surface area contributed by atoms with Gasteiger partial charge in [0.2, 0.25) is 0 Å². The van der Waals surface area contributed by atoms with Crippen LogP contribution in [0.25, 0.3) is 0 Å². The zero-order valence-electron chi connectivity index (χ0n) is 13.9. The van der Waals surface area contributed by atoms with Crippen LogP contribution in [0.5, 0.6) is 0 Å². The number of amides is 1. The average Bonchev–Trinajstić information content (AvgIpc) is 3.48. The maximum absolute atomic E-state index is 14.3. The molecule has 0 aromatic carbocycles. The molecule has 1 aliphatic carbocycles. The second-order valence-electron chi connectivity index (χ2n) is 6.10. The van der Waals surface area contributed by atoms with Crippen LogP contribution >= 0.6 is 0 Å². The van der Waals surface area contributed by atoms with E-state index >= 15 is 0 Å². The number of carbonyl (C=O) groups excluding carboxylic acids is 1. The van der Waals surface area contributed by atoms with E-state index in [4.69, 9.17) is 0 Å². The number of hydrogen-bond donors (Lipinski definition) is 1. The first-order valence-electron chi connectivity index (χ1n) is 8.16. The maximum Gasteiger partial charge on any atom is 0.250 e. The highest BCUT2D eigenvalue weighted by atomic mass is 19.1. The Morgan fingerprint density at radius 2 is 2.00 bits per heavy atom. The number of aromatic nitrogens is 1. The van der Waals surface area contributed by atoms with E-state index in [1.807, 2.05) is 0 Å². The van der Waals surface area contributed by atoms with E-state index in [1.54, 1.807) is 18.3 Å². The van der Waals surface area contributed by atoms with Gasteiger partial charge in [0.1, 0.15) is 11.4 Å². The molecule has 1 aromatic heterocycles. The van der Waals surface area contributed by atoms with Gasteiger partial charge in [-0.2, -0.15) is 4.99 Å². The molecule has 3 aliphatic rings. The number of carbonyl (C=O) groups is 1. The van der Waals surface area contributed by atoms with E-state index in [-0.39, 0.29) is 34.1 Å². The van der Waals surface area contributed by atoms with Crippen molar-refractivity contribution in [3.63, 3.8) is 0 Å². The van der Waals surface area contributed by atoms with Crippen molar-refractivity contribution in [3.8, 4) is 0 Å². The lowest BCUT2D eigenvalue weighted by Crippen LogP contribution is -2.19. The van der Waals surface area contributed by atoms with Gasteiger partial charge in [-0.05, 0) is 25.0 Å². The number of hydrogen-bond acceptors (Lipinski definition) is 5. The van der Waals surface area contributed by atoms with E-state index in [0.717, 1.165) is 12.8 Å². The number of nitrogens with zero attached hydrogens (tertiary/aromatic N) is 5. The highest BCUT2D eigenvalue weighted by Crippen LogP contribution is 2.33. The summed E-state index contributed by atoms with van der Waals surface area (Å²) in [5.41, 5.74) is 0.0417. The van der Waals surface area contributed by atoms with Crippen LogP contribution in [0.15, 0.2) is 74.8 Å². The summed E-state index contributed by atoms with van der Waals surface area (Å²) in [6.45, 7) is 0. The van der Waals surface area contributed by atoms with Crippen molar-refractivity contribution in [1.29, 1.82) is 0 Å². The van der Waals surface area contributed by atoms with Gasteiger partial charge in [0.15, 0.2) is 17.5 Å². The fourth-order valence-electron chi connectivity index (χ4n) is 2.59. The summed E-state index contributed by atoms with van der Waals surface area (Å²) in [5.74, 6) is -2.35. The molecule has 0 bridgehead atoms. The highest BCUT2D eigenvalue weighted by Gasteiger charge is 2.31. The second kappa shape index (κ2) is 6.76. The fraction of sp³-hybridized carbons (Fsp3) is 0.167. The Bertz CT molecular complexity index is 966. The molecule has 1 N–H and O–H groups in total. The Kier molecular flexibility index (Phi) is 4.28. The van der Waals surface area contributed by atoms with Crippen LogP contribution in [0, 0.1) is 5.92 Å². The van der Waals surface area contributed by atoms with Crippen LogP contribution < -0.4 is 0 Å². The fourth-order valence-corrected chi connectivity index (χ4v) is 2.59. The molecule has 7 nitrogen and oxygen atoms in total. The summed E-state index contributed by atoms with van der Waals surface area (Å²) in [6.07, 6.45) is 7.21. The third-order valence-corrected chi connectivity index (χ3v) is 4.05. The summed E-state index contributed by atoms with van der Waals surface area (Å²) in [4.78, 5) is 28.2. The van der Waals surface area contributed by atoms with Crippen LogP contribution in [-0.2, 0) is 4.79 Å². The van der Waals surface area contributed by atoms with Crippen molar-refractivity contribution in [2.24, 2.45) is 20.9 Å². The third-order valence-electron chi connectivity index (χ3n) is 4.05. The van der Waals surface area contributed by atoms with Gasteiger partial charge in [-0.15, -0.1) is 0 Å². The Labute approximate surface area is 152 Å². The van der Waals surface area contributed by atoms with E-state index in [1.165, 1.54) is 12.4 Å². The smallest absolute Gasteiger partial charge is 0.250 e. The molecule has 1 amide bonds. The van der Waals surface area contributed by atoms with E-state index in [2.05, 4.69) is 20.0 Å². The first-order chi connectivity index (χ1) is 13.0. The predicted octanol–water partition coefficient (Wildman–Crippen LogP) is 2.87. The van der Waals surface area contributed by atoms with Crippen LogP contribution in [0.1, 0.15) is 18.4 Å². The van der Waals surface area contributed by atoms with E-state index in [0.29, 0.717) is 18.0 Å². The van der Waals surface area contributed by atoms with Gasteiger partial charge in [-0.3, -0.25) is 15.0 Å². The third kappa shape index (κ3) is 3.49. The minimum absolute atomic E-state index is 0.0588. The Morgan fingerprint density at radius 1 is 1.26 bits per heavy atom. The monoisotopic (exact) mass is 369 g/mol. The molecule has 9 heteroatoms. The van der Waals surface area contributed by atoms with Crippen molar-refractivity contribution >= 4 is 23.7 Å². The summed E-state index contributed by atoms with van der Waals surface area (Å²) >= 11 is 0. The first kappa shape index (κ1) is 17.1. The molecule has 2 aliphatic heterocycles. The van der Waals surface area contributed by atoms with Gasteiger partial charge >= 0.3 is 0 Å². The van der Waals surface area contributed by atoms with Gasteiger partial charge in [0, 0.05) is 23.9 Å². The minimum Gasteiger partial charge on any atom is -0.284 e. The van der Waals surface area contributed by atoms with Crippen LogP contribution in [0.4, 0.5) is 8.78 Å². The molecule has 3 heterocycles. The van der Waals surface area contributed by atoms with Gasteiger partial charge in [0.25, 0.3) is 5.91 Å². The van der Waals surface area contributed by atoms with Gasteiger partial charge in [-0.25, -0.2) is 23.8 Å². The molecule has 27 heavy (non-hydrogen) atoms. The lowest BCUT2D eigenvalue weighted by molar-refractivity contribution is -0.118. The topological polar surface area (TPSA) is 90.5 Å². The molecular weight excluding hydrogens is 356 g/mol. The number of aliphatic imine (C=N–C) groups is 3. The molecule has 1 fully saturated rings. The van der Waals surface area contributed by atoms with Crippen molar-refractivity contribution in [3.05, 3.63) is 65.4 Å². The lowest BCUT2D eigenvalue weighted by Gasteiger charge is -2.19. The molecular formula is C18H13F2N5O2. The largest absolute Gasteiger partial charge is 0.284 e. The molecule has 0 atom stereocenters. The Balaban J connectivity index is 1.84. The van der Waals surface area contributed by atoms with Crippen molar-refractivity contribution in [1.82, 2.24) is 10.0 Å². The molecule has 0 radical (unpaired) electrons. The zero-order chi connectivity index (χ0) is 19.0. The number of rotatable bonds is 2. The average molecular weight is 369 g/mol. The van der Waals surface area contributed by atoms with Gasteiger partial charge < -0.3 is 0 Å². The standard InChI is InChI=1S/C18H13F2N5O2/c19-12-8-25(27)9-13(20)15(12)17-16(11-2-1-5-21-6-11)23-14(7-22-17)24-18(26)10-3-4-10/h1-2,5-10,27H,3-4H2. The molecule has 4 rings (SSSR count). The molecule has 1 aromatic rings. The first-order valence-corrected chi connectivity index (χ1v) is 8.16. The van der Waals surface area contributed by atoms with Crippen LogP contribution in [0.3, 0.4) is 0 Å². The number of allylic oxidation sites excluding steroid dienone is 4. The highest BCUT2D eigenvalue weighted by molar-refractivity contribution is 6.39. The molecule has 1 saturated carbocycles. The summed E-state index contributed by atoms with van der Waals surface area (Å²) in [5, 5.41) is 9.57. The van der Waals surface area contributed by atoms with Gasteiger partial charge in [0.05, 0.1) is 24.2 Å². The molecule has 0 saturated heterocycles. The second-order valence-corrected chi connectivity index (χ2v) is 6.10. The number of amidine groups is 1. The summed E-state index contributed by atoms with van der Waals surface area (Å²) in [7, 11) is 0. The Morgan fingerprint density at radius 3 is 2.63 bits per heavy atom. The quantitative estimate of drug-likeness (QED) is 0.868.